The molecule has 5 nitrogen and oxygen atoms in total. The Hall–Kier alpha value is -2.82. The Kier molecular flexibility index (Phi) is 7.41. The number of anilines is 1. The number of rotatable bonds is 7. The van der Waals surface area contributed by atoms with E-state index in [2.05, 4.69) is 10.6 Å². The fraction of sp³-hybridized carbons (Fsp3) is 0.364. The number of benzene rings is 2. The van der Waals surface area contributed by atoms with Gasteiger partial charge >= 0.3 is 6.09 Å². The summed E-state index contributed by atoms with van der Waals surface area (Å²) in [4.78, 5) is 24.9. The number of hydrogen-bond acceptors (Lipinski definition) is 3. The molecule has 144 valence electrons. The van der Waals surface area contributed by atoms with Crippen LogP contribution in [0.5, 0.6) is 0 Å². The first kappa shape index (κ1) is 20.5. The molecule has 0 saturated carbocycles. The molecule has 2 N–H and O–H groups in total. The normalized spacial score (nSPS) is 11.7. The van der Waals surface area contributed by atoms with Crippen molar-refractivity contribution in [2.75, 3.05) is 5.32 Å². The maximum absolute atomic E-state index is 12.7. The van der Waals surface area contributed by atoms with Gasteiger partial charge in [-0.05, 0) is 48.9 Å². The van der Waals surface area contributed by atoms with Crippen molar-refractivity contribution in [3.05, 3.63) is 65.2 Å². The van der Waals surface area contributed by atoms with Gasteiger partial charge in [-0.1, -0.05) is 56.3 Å². The number of amides is 2. The molecule has 2 aromatic rings. The maximum atomic E-state index is 12.7. The van der Waals surface area contributed by atoms with E-state index >= 15 is 0 Å². The molecule has 0 aliphatic heterocycles. The number of alkyl carbamates (subject to hydrolysis) is 1. The molecular weight excluding hydrogens is 340 g/mol. The molecule has 2 rings (SSSR count). The van der Waals surface area contributed by atoms with Crippen molar-refractivity contribution in [3.63, 3.8) is 0 Å². The molecule has 0 aromatic heterocycles. The van der Waals surface area contributed by atoms with E-state index in [9.17, 15) is 9.59 Å². The van der Waals surface area contributed by atoms with Gasteiger partial charge in [0.2, 0.25) is 5.91 Å². The van der Waals surface area contributed by atoms with Crippen LogP contribution in [-0.2, 0) is 16.1 Å². The summed E-state index contributed by atoms with van der Waals surface area (Å²) in [6.07, 6.45) is -0.0717. The zero-order valence-corrected chi connectivity index (χ0v) is 16.4. The van der Waals surface area contributed by atoms with Gasteiger partial charge < -0.3 is 15.4 Å². The van der Waals surface area contributed by atoms with Crippen LogP contribution in [0, 0.1) is 19.8 Å². The zero-order chi connectivity index (χ0) is 19.8. The van der Waals surface area contributed by atoms with Crippen molar-refractivity contribution in [2.45, 2.75) is 46.8 Å². The van der Waals surface area contributed by atoms with Gasteiger partial charge in [-0.25, -0.2) is 4.79 Å². The van der Waals surface area contributed by atoms with Crippen molar-refractivity contribution >= 4 is 17.7 Å². The van der Waals surface area contributed by atoms with Crippen molar-refractivity contribution in [1.29, 1.82) is 0 Å². The quantitative estimate of drug-likeness (QED) is 0.751. The minimum atomic E-state index is -0.659. The average Bonchev–Trinajstić information content (AvgIpc) is 2.63. The Morgan fingerprint density at radius 1 is 1.04 bits per heavy atom. The van der Waals surface area contributed by atoms with Crippen LogP contribution >= 0.6 is 0 Å². The third-order valence-corrected chi connectivity index (χ3v) is 4.18. The Morgan fingerprint density at radius 3 is 2.41 bits per heavy atom. The van der Waals surface area contributed by atoms with Crippen molar-refractivity contribution in [2.24, 2.45) is 5.92 Å². The molecular formula is C22H28N2O3. The molecule has 0 heterocycles. The van der Waals surface area contributed by atoms with E-state index in [-0.39, 0.29) is 18.4 Å². The Morgan fingerprint density at radius 2 is 1.74 bits per heavy atom. The van der Waals surface area contributed by atoms with Crippen LogP contribution in [0.4, 0.5) is 10.5 Å². The van der Waals surface area contributed by atoms with Crippen LogP contribution in [0.15, 0.2) is 48.5 Å². The first-order chi connectivity index (χ1) is 12.8. The van der Waals surface area contributed by atoms with Gasteiger partial charge in [-0.15, -0.1) is 0 Å². The summed E-state index contributed by atoms with van der Waals surface area (Å²) in [5.41, 5.74) is 3.69. The van der Waals surface area contributed by atoms with E-state index in [0.717, 1.165) is 22.4 Å². The molecule has 0 radical (unpaired) electrons. The predicted octanol–water partition coefficient (Wildman–Crippen LogP) is 4.58. The molecule has 2 amide bonds. The lowest BCUT2D eigenvalue weighted by atomic mass is 10.0. The summed E-state index contributed by atoms with van der Waals surface area (Å²) < 4.78 is 5.25. The van der Waals surface area contributed by atoms with E-state index in [0.29, 0.717) is 6.42 Å². The van der Waals surface area contributed by atoms with Gasteiger partial charge in [-0.3, -0.25) is 4.79 Å². The molecule has 1 unspecified atom stereocenters. The highest BCUT2D eigenvalue weighted by Crippen LogP contribution is 2.17. The SMILES string of the molecule is Cc1ccc(C)c(NC(=O)C(CC(C)C)NC(=O)OCc2ccccc2)c1. The van der Waals surface area contributed by atoms with Gasteiger partial charge in [0.25, 0.3) is 0 Å². The Bertz CT molecular complexity index is 772. The minimum Gasteiger partial charge on any atom is -0.445 e. The van der Waals surface area contributed by atoms with Crippen molar-refractivity contribution in [1.82, 2.24) is 5.32 Å². The second kappa shape index (κ2) is 9.76. The summed E-state index contributed by atoms with van der Waals surface area (Å²) in [7, 11) is 0. The minimum absolute atomic E-state index is 0.166. The van der Waals surface area contributed by atoms with Crippen LogP contribution in [0.2, 0.25) is 0 Å². The fourth-order valence-corrected chi connectivity index (χ4v) is 2.70. The number of hydrogen-bond donors (Lipinski definition) is 2. The highest BCUT2D eigenvalue weighted by atomic mass is 16.5. The van der Waals surface area contributed by atoms with Crippen molar-refractivity contribution < 1.29 is 14.3 Å². The van der Waals surface area contributed by atoms with Crippen LogP contribution < -0.4 is 10.6 Å². The zero-order valence-electron chi connectivity index (χ0n) is 16.4. The maximum Gasteiger partial charge on any atom is 0.408 e. The molecule has 2 aromatic carbocycles. The largest absolute Gasteiger partial charge is 0.445 e. The third kappa shape index (κ3) is 6.77. The van der Waals surface area contributed by atoms with Crippen LogP contribution in [0.1, 0.15) is 37.0 Å². The Balaban J connectivity index is 1.99. The summed E-state index contributed by atoms with van der Waals surface area (Å²) in [6, 6.07) is 14.7. The highest BCUT2D eigenvalue weighted by molar-refractivity contribution is 5.97. The van der Waals surface area contributed by atoms with E-state index in [1.165, 1.54) is 0 Å². The summed E-state index contributed by atoms with van der Waals surface area (Å²) in [6.45, 7) is 8.10. The highest BCUT2D eigenvalue weighted by Gasteiger charge is 2.23. The number of carbonyl (C=O) groups is 2. The first-order valence-corrected chi connectivity index (χ1v) is 9.20. The van der Waals surface area contributed by atoms with Gasteiger partial charge in [0, 0.05) is 5.69 Å². The van der Waals surface area contributed by atoms with Crippen LogP contribution in [0.3, 0.4) is 0 Å². The first-order valence-electron chi connectivity index (χ1n) is 9.20. The Labute approximate surface area is 161 Å². The predicted molar refractivity (Wildman–Crippen MR) is 108 cm³/mol. The topological polar surface area (TPSA) is 67.4 Å². The molecule has 0 saturated heterocycles. The lowest BCUT2D eigenvalue weighted by Crippen LogP contribution is -2.44. The summed E-state index contributed by atoms with van der Waals surface area (Å²) in [5, 5.41) is 5.63. The van der Waals surface area contributed by atoms with E-state index < -0.39 is 12.1 Å². The molecule has 1 atom stereocenters. The third-order valence-electron chi connectivity index (χ3n) is 4.18. The van der Waals surface area contributed by atoms with Crippen LogP contribution in [-0.4, -0.2) is 18.0 Å². The summed E-state index contributed by atoms with van der Waals surface area (Å²) >= 11 is 0. The number of aryl methyl sites for hydroxylation is 2. The van der Waals surface area contributed by atoms with Crippen LogP contribution in [0.25, 0.3) is 0 Å². The van der Waals surface area contributed by atoms with Gasteiger partial charge in [0.15, 0.2) is 0 Å². The molecule has 27 heavy (non-hydrogen) atoms. The fourth-order valence-electron chi connectivity index (χ4n) is 2.70. The number of ether oxygens (including phenoxy) is 1. The van der Waals surface area contributed by atoms with Gasteiger partial charge in [0.05, 0.1) is 0 Å². The lowest BCUT2D eigenvalue weighted by molar-refractivity contribution is -0.118. The average molecular weight is 368 g/mol. The van der Waals surface area contributed by atoms with Crippen molar-refractivity contribution in [3.8, 4) is 0 Å². The van der Waals surface area contributed by atoms with E-state index in [4.69, 9.17) is 4.74 Å². The molecule has 0 fully saturated rings. The van der Waals surface area contributed by atoms with E-state index in [1.807, 2.05) is 76.2 Å². The molecule has 0 aliphatic rings. The lowest BCUT2D eigenvalue weighted by Gasteiger charge is -2.20. The monoisotopic (exact) mass is 368 g/mol. The molecule has 0 bridgehead atoms. The van der Waals surface area contributed by atoms with Gasteiger partial charge in [0.1, 0.15) is 12.6 Å². The second-order valence-electron chi connectivity index (χ2n) is 7.20. The van der Waals surface area contributed by atoms with E-state index in [1.54, 1.807) is 0 Å². The number of carbonyl (C=O) groups excluding carboxylic acids is 2. The smallest absolute Gasteiger partial charge is 0.408 e. The second-order valence-corrected chi connectivity index (χ2v) is 7.20. The molecule has 0 spiro atoms. The standard InChI is InChI=1S/C22H28N2O3/c1-15(2)12-20(21(25)23-19-13-16(3)10-11-17(19)4)24-22(26)27-14-18-8-6-5-7-9-18/h5-11,13,15,20H,12,14H2,1-4H3,(H,23,25)(H,24,26). The summed E-state index contributed by atoms with van der Waals surface area (Å²) in [5.74, 6) is 0.00263. The number of nitrogens with one attached hydrogen (secondary N) is 2. The van der Waals surface area contributed by atoms with Gasteiger partial charge in [-0.2, -0.15) is 0 Å². The molecule has 0 aliphatic carbocycles. The molecule has 5 heteroatoms.